The Kier molecular flexibility index (Phi) is 4.21. The van der Waals surface area contributed by atoms with Crippen molar-refractivity contribution < 1.29 is 36.6 Å². The Morgan fingerprint density at radius 2 is 1.69 bits per heavy atom. The average Bonchev–Trinajstić information content (AvgIpc) is 2.11. The number of carboxylic acid groups (broad SMARTS) is 1. The van der Waals surface area contributed by atoms with E-state index in [9.17, 15) is 31.5 Å². The molecule has 0 saturated carbocycles. The summed E-state index contributed by atoms with van der Waals surface area (Å²) in [5.41, 5.74) is 0. The van der Waals surface area contributed by atoms with Crippen LogP contribution in [0.3, 0.4) is 0 Å². The van der Waals surface area contributed by atoms with Crippen molar-refractivity contribution in [3.8, 4) is 0 Å². The minimum absolute atomic E-state index is 0.311. The molecule has 0 fully saturated rings. The summed E-state index contributed by atoms with van der Waals surface area (Å²) in [5, 5.41) is 9.45. The number of amides is 1. The first-order chi connectivity index (χ1) is 7.04. The molecule has 0 aromatic heterocycles. The van der Waals surface area contributed by atoms with E-state index in [1.807, 2.05) is 0 Å². The number of carboxylic acids is 1. The molecule has 1 atom stereocenters. The van der Waals surface area contributed by atoms with Crippen molar-refractivity contribution in [3.63, 3.8) is 0 Å². The molecule has 0 radical (unpaired) electrons. The average molecular weight is 249 g/mol. The number of carbonyl (C=O) groups is 2. The third-order valence-electron chi connectivity index (χ3n) is 1.65. The maximum absolute atomic E-state index is 12.4. The third-order valence-corrected chi connectivity index (χ3v) is 1.65. The zero-order valence-corrected chi connectivity index (χ0v) is 7.94. The van der Waals surface area contributed by atoms with Gasteiger partial charge in [0.25, 0.3) is 0 Å². The fourth-order valence-electron chi connectivity index (χ4n) is 0.716. The van der Waals surface area contributed by atoms with Gasteiger partial charge < -0.3 is 10.4 Å². The summed E-state index contributed by atoms with van der Waals surface area (Å²) < 4.78 is 59.8. The van der Waals surface area contributed by atoms with Gasteiger partial charge in [-0.3, -0.25) is 4.79 Å². The quantitative estimate of drug-likeness (QED) is 0.735. The first kappa shape index (κ1) is 14.6. The monoisotopic (exact) mass is 249 g/mol. The van der Waals surface area contributed by atoms with Gasteiger partial charge in [0.15, 0.2) is 0 Å². The van der Waals surface area contributed by atoms with Gasteiger partial charge in [-0.1, -0.05) is 6.92 Å². The van der Waals surface area contributed by atoms with Gasteiger partial charge in [0.05, 0.1) is 0 Å². The Morgan fingerprint density at radius 3 is 1.94 bits per heavy atom. The van der Waals surface area contributed by atoms with Crippen molar-refractivity contribution in [3.05, 3.63) is 0 Å². The van der Waals surface area contributed by atoms with Crippen LogP contribution in [0.25, 0.3) is 0 Å². The number of hydrogen-bond acceptors (Lipinski definition) is 2. The summed E-state index contributed by atoms with van der Waals surface area (Å²) in [6.07, 6.45) is -6.36. The summed E-state index contributed by atoms with van der Waals surface area (Å²) in [4.78, 5) is 20.8. The summed E-state index contributed by atoms with van der Waals surface area (Å²) in [6.45, 7) is 1.21. The normalized spacial score (nSPS) is 14.4. The molecule has 0 aliphatic heterocycles. The molecule has 16 heavy (non-hydrogen) atoms. The first-order valence-electron chi connectivity index (χ1n) is 4.02. The second-order valence-corrected chi connectivity index (χ2v) is 2.84. The van der Waals surface area contributed by atoms with Gasteiger partial charge in [0.1, 0.15) is 6.04 Å². The standard InChI is InChI=1S/C7H8F5NO3/c1-2-3(4(14)15)13-5(16)6(8,9)7(10,11)12/h3H,2H2,1H3,(H,13,16)(H,14,15)/t3-/m0/s1. The number of halogens is 5. The Morgan fingerprint density at radius 1 is 1.25 bits per heavy atom. The molecule has 94 valence electrons. The van der Waals surface area contributed by atoms with E-state index in [2.05, 4.69) is 0 Å². The van der Waals surface area contributed by atoms with Crippen molar-refractivity contribution in [2.24, 2.45) is 0 Å². The zero-order valence-electron chi connectivity index (χ0n) is 7.94. The number of carbonyl (C=O) groups excluding carboxylic acids is 1. The number of aliphatic carboxylic acids is 1. The topological polar surface area (TPSA) is 66.4 Å². The zero-order chi connectivity index (χ0) is 13.1. The molecule has 9 heteroatoms. The molecule has 0 aliphatic carbocycles. The predicted octanol–water partition coefficient (Wildman–Crippen LogP) is 1.16. The van der Waals surface area contributed by atoms with Crippen molar-refractivity contribution >= 4 is 11.9 Å². The van der Waals surface area contributed by atoms with Crippen molar-refractivity contribution in [1.29, 1.82) is 0 Å². The van der Waals surface area contributed by atoms with Crippen LogP contribution in [0.2, 0.25) is 0 Å². The van der Waals surface area contributed by atoms with Crippen LogP contribution < -0.4 is 5.32 Å². The molecule has 4 nitrogen and oxygen atoms in total. The lowest BCUT2D eigenvalue weighted by atomic mass is 10.2. The van der Waals surface area contributed by atoms with Crippen LogP contribution in [0, 0.1) is 0 Å². The summed E-state index contributed by atoms with van der Waals surface area (Å²) >= 11 is 0. The van der Waals surface area contributed by atoms with Crippen LogP contribution in [-0.4, -0.2) is 35.1 Å². The highest BCUT2D eigenvalue weighted by Crippen LogP contribution is 2.35. The Labute approximate surface area is 86.4 Å². The first-order valence-corrected chi connectivity index (χ1v) is 4.02. The highest BCUT2D eigenvalue weighted by Gasteiger charge is 2.63. The molecular weight excluding hydrogens is 241 g/mol. The Bertz CT molecular complexity index is 288. The van der Waals surface area contributed by atoms with Gasteiger partial charge in [0.2, 0.25) is 0 Å². The maximum atomic E-state index is 12.4. The molecule has 0 rings (SSSR count). The largest absolute Gasteiger partial charge is 0.480 e. The van der Waals surface area contributed by atoms with E-state index >= 15 is 0 Å². The highest BCUT2D eigenvalue weighted by molar-refractivity contribution is 5.88. The van der Waals surface area contributed by atoms with Gasteiger partial charge in [-0.25, -0.2) is 4.79 Å². The highest BCUT2D eigenvalue weighted by atomic mass is 19.4. The summed E-state index contributed by atoms with van der Waals surface area (Å²) in [6, 6.07) is -1.78. The second-order valence-electron chi connectivity index (χ2n) is 2.84. The van der Waals surface area contributed by atoms with E-state index in [4.69, 9.17) is 5.11 Å². The second kappa shape index (κ2) is 4.62. The molecule has 0 spiro atoms. The lowest BCUT2D eigenvalue weighted by Crippen LogP contribution is -2.54. The van der Waals surface area contributed by atoms with Gasteiger partial charge in [-0.05, 0) is 6.42 Å². The molecule has 0 bridgehead atoms. The van der Waals surface area contributed by atoms with E-state index < -0.39 is 30.0 Å². The molecule has 0 heterocycles. The van der Waals surface area contributed by atoms with Gasteiger partial charge >= 0.3 is 24.0 Å². The van der Waals surface area contributed by atoms with E-state index in [1.165, 1.54) is 6.92 Å². The van der Waals surface area contributed by atoms with Gasteiger partial charge in [0, 0.05) is 0 Å². The predicted molar refractivity (Wildman–Crippen MR) is 40.9 cm³/mol. The van der Waals surface area contributed by atoms with Crippen LogP contribution in [0.1, 0.15) is 13.3 Å². The molecule has 0 saturated heterocycles. The van der Waals surface area contributed by atoms with E-state index in [0.717, 1.165) is 5.32 Å². The Hall–Kier alpha value is -1.41. The third kappa shape index (κ3) is 3.04. The van der Waals surface area contributed by atoms with Crippen LogP contribution in [0.5, 0.6) is 0 Å². The lowest BCUT2D eigenvalue weighted by molar-refractivity contribution is -0.270. The molecule has 0 aromatic carbocycles. The minimum atomic E-state index is -6.05. The van der Waals surface area contributed by atoms with Gasteiger partial charge in [-0.15, -0.1) is 0 Å². The number of nitrogens with one attached hydrogen (secondary N) is 1. The van der Waals surface area contributed by atoms with Crippen molar-refractivity contribution in [1.82, 2.24) is 5.32 Å². The van der Waals surface area contributed by atoms with Crippen molar-refractivity contribution in [2.45, 2.75) is 31.5 Å². The minimum Gasteiger partial charge on any atom is -0.480 e. The molecular formula is C7H8F5NO3. The molecule has 0 aromatic rings. The number of hydrogen-bond donors (Lipinski definition) is 2. The fourth-order valence-corrected chi connectivity index (χ4v) is 0.716. The van der Waals surface area contributed by atoms with Crippen molar-refractivity contribution in [2.75, 3.05) is 0 Å². The Balaban J connectivity index is 4.76. The van der Waals surface area contributed by atoms with Gasteiger partial charge in [-0.2, -0.15) is 22.0 Å². The van der Waals surface area contributed by atoms with Crippen LogP contribution in [0.4, 0.5) is 22.0 Å². The van der Waals surface area contributed by atoms with Crippen LogP contribution >= 0.6 is 0 Å². The molecule has 0 unspecified atom stereocenters. The molecule has 2 N–H and O–H groups in total. The molecule has 0 aliphatic rings. The summed E-state index contributed by atoms with van der Waals surface area (Å²) in [5.74, 6) is -9.96. The smallest absolute Gasteiger partial charge is 0.463 e. The molecule has 1 amide bonds. The van der Waals surface area contributed by atoms with Crippen LogP contribution in [-0.2, 0) is 9.59 Å². The number of rotatable bonds is 4. The number of alkyl halides is 5. The van der Waals surface area contributed by atoms with E-state index in [-0.39, 0.29) is 6.42 Å². The fraction of sp³-hybridized carbons (Fsp3) is 0.714. The maximum Gasteiger partial charge on any atom is 0.463 e. The summed E-state index contributed by atoms with van der Waals surface area (Å²) in [7, 11) is 0. The van der Waals surface area contributed by atoms with E-state index in [0.29, 0.717) is 0 Å². The van der Waals surface area contributed by atoms with E-state index in [1.54, 1.807) is 0 Å². The SMILES string of the molecule is CC[C@H](NC(=O)C(F)(F)C(F)(F)F)C(=O)O. The lowest BCUT2D eigenvalue weighted by Gasteiger charge is -2.20. The van der Waals surface area contributed by atoms with Crippen LogP contribution in [0.15, 0.2) is 0 Å².